The Kier molecular flexibility index (Phi) is 3.51. The van der Waals surface area contributed by atoms with Gasteiger partial charge < -0.3 is 9.84 Å². The van der Waals surface area contributed by atoms with Crippen LogP contribution in [0.5, 0.6) is 0 Å². The van der Waals surface area contributed by atoms with E-state index in [4.69, 9.17) is 4.52 Å². The van der Waals surface area contributed by atoms with Gasteiger partial charge in [0, 0.05) is 9.86 Å². The predicted octanol–water partition coefficient (Wildman–Crippen LogP) is 3.50. The van der Waals surface area contributed by atoms with Crippen LogP contribution in [0.4, 0.5) is 0 Å². The summed E-state index contributed by atoms with van der Waals surface area (Å²) >= 11 is 3.53. The van der Waals surface area contributed by atoms with Gasteiger partial charge in [-0.15, -0.1) is 0 Å². The zero-order valence-corrected chi connectivity index (χ0v) is 13.6. The van der Waals surface area contributed by atoms with E-state index >= 15 is 0 Å². The second-order valence-corrected chi connectivity index (χ2v) is 6.16. The van der Waals surface area contributed by atoms with Crippen LogP contribution in [-0.2, 0) is 5.54 Å². The Balaban J connectivity index is 2.10. The first kappa shape index (κ1) is 14.2. The number of para-hydroxylation sites is 1. The molecule has 0 aliphatic rings. The average Bonchev–Trinajstić information content (AvgIpc) is 2.97. The van der Waals surface area contributed by atoms with Crippen LogP contribution in [0.1, 0.15) is 19.7 Å². The highest BCUT2D eigenvalue weighted by Gasteiger charge is 2.26. The maximum Gasteiger partial charge on any atom is 0.246 e. The predicted molar refractivity (Wildman–Crippen MR) is 84.8 cm³/mol. The van der Waals surface area contributed by atoms with Gasteiger partial charge in [-0.1, -0.05) is 23.4 Å². The van der Waals surface area contributed by atoms with Gasteiger partial charge in [0.05, 0.1) is 11.1 Å². The number of fused-ring (bicyclic) bond motifs is 1. The quantitative estimate of drug-likeness (QED) is 0.786. The molecular formula is C15H15BrN4O. The molecule has 2 aromatic heterocycles. The van der Waals surface area contributed by atoms with Gasteiger partial charge in [-0.3, -0.25) is 0 Å². The number of nitrogens with one attached hydrogen (secondary N) is 1. The van der Waals surface area contributed by atoms with Crippen molar-refractivity contribution in [2.45, 2.75) is 19.4 Å². The molecule has 0 amide bonds. The van der Waals surface area contributed by atoms with E-state index in [1.165, 1.54) is 0 Å². The van der Waals surface area contributed by atoms with Gasteiger partial charge >= 0.3 is 0 Å². The fourth-order valence-corrected chi connectivity index (χ4v) is 2.44. The van der Waals surface area contributed by atoms with Gasteiger partial charge in [0.2, 0.25) is 11.7 Å². The number of aromatic nitrogens is 3. The first-order valence-corrected chi connectivity index (χ1v) is 7.39. The fourth-order valence-electron chi connectivity index (χ4n) is 1.93. The van der Waals surface area contributed by atoms with Crippen molar-refractivity contribution in [2.75, 3.05) is 7.05 Å². The highest BCUT2D eigenvalue weighted by Crippen LogP contribution is 2.29. The summed E-state index contributed by atoms with van der Waals surface area (Å²) in [5, 5.41) is 8.25. The topological polar surface area (TPSA) is 63.8 Å². The number of nitrogens with zero attached hydrogens (tertiary/aromatic N) is 3. The van der Waals surface area contributed by atoms with E-state index in [2.05, 4.69) is 36.4 Å². The summed E-state index contributed by atoms with van der Waals surface area (Å²) < 4.78 is 6.20. The molecule has 0 aliphatic heterocycles. The van der Waals surface area contributed by atoms with E-state index in [-0.39, 0.29) is 5.54 Å². The zero-order chi connectivity index (χ0) is 15.0. The molecule has 6 heteroatoms. The van der Waals surface area contributed by atoms with Crippen molar-refractivity contribution in [1.82, 2.24) is 20.4 Å². The summed E-state index contributed by atoms with van der Waals surface area (Å²) in [5.41, 5.74) is 1.19. The van der Waals surface area contributed by atoms with Crippen LogP contribution in [-0.4, -0.2) is 22.2 Å². The summed E-state index contributed by atoms with van der Waals surface area (Å²) in [6.45, 7) is 3.96. The van der Waals surface area contributed by atoms with E-state index in [1.807, 2.05) is 51.2 Å². The number of halogens is 1. The van der Waals surface area contributed by atoms with Crippen molar-refractivity contribution in [2.24, 2.45) is 0 Å². The number of benzene rings is 1. The van der Waals surface area contributed by atoms with Gasteiger partial charge in [0.15, 0.2) is 0 Å². The lowest BCUT2D eigenvalue weighted by molar-refractivity contribution is 0.281. The SMILES string of the molecule is CNC(C)(C)c1nc(-c2nc3ccccc3cc2Br)no1. The molecule has 0 spiro atoms. The summed E-state index contributed by atoms with van der Waals surface area (Å²) in [4.78, 5) is 9.07. The van der Waals surface area contributed by atoms with Gasteiger partial charge in [0.1, 0.15) is 5.69 Å². The average molecular weight is 347 g/mol. The van der Waals surface area contributed by atoms with Crippen molar-refractivity contribution in [3.8, 4) is 11.5 Å². The molecule has 5 nitrogen and oxygen atoms in total. The third-order valence-corrected chi connectivity index (χ3v) is 4.08. The molecule has 0 aliphatic carbocycles. The number of rotatable bonds is 3. The molecule has 0 saturated carbocycles. The molecule has 1 aromatic carbocycles. The molecule has 3 rings (SSSR count). The Morgan fingerprint density at radius 3 is 2.71 bits per heavy atom. The van der Waals surface area contributed by atoms with E-state index < -0.39 is 0 Å². The molecule has 21 heavy (non-hydrogen) atoms. The van der Waals surface area contributed by atoms with Crippen molar-refractivity contribution in [3.63, 3.8) is 0 Å². The summed E-state index contributed by atoms with van der Waals surface area (Å²) in [5.74, 6) is 1.01. The molecular weight excluding hydrogens is 332 g/mol. The van der Waals surface area contributed by atoms with Gasteiger partial charge in [-0.2, -0.15) is 4.98 Å². The maximum absolute atomic E-state index is 5.36. The van der Waals surface area contributed by atoms with Gasteiger partial charge in [-0.05, 0) is 49.0 Å². The van der Waals surface area contributed by atoms with Crippen LogP contribution < -0.4 is 5.32 Å². The lowest BCUT2D eigenvalue weighted by atomic mass is 10.1. The molecule has 0 atom stereocenters. The summed E-state index contributed by atoms with van der Waals surface area (Å²) in [6.07, 6.45) is 0. The molecule has 0 unspecified atom stereocenters. The Morgan fingerprint density at radius 2 is 1.95 bits per heavy atom. The minimum atomic E-state index is -0.380. The normalized spacial score (nSPS) is 12.0. The highest BCUT2D eigenvalue weighted by molar-refractivity contribution is 9.10. The monoisotopic (exact) mass is 346 g/mol. The van der Waals surface area contributed by atoms with Crippen LogP contribution in [0.25, 0.3) is 22.4 Å². The molecule has 0 fully saturated rings. The Labute approximate surface area is 130 Å². The van der Waals surface area contributed by atoms with Crippen LogP contribution in [0.15, 0.2) is 39.3 Å². The molecule has 3 aromatic rings. The smallest absolute Gasteiger partial charge is 0.246 e. The van der Waals surface area contributed by atoms with Crippen molar-refractivity contribution < 1.29 is 4.52 Å². The van der Waals surface area contributed by atoms with Crippen molar-refractivity contribution >= 4 is 26.8 Å². The first-order valence-electron chi connectivity index (χ1n) is 6.60. The van der Waals surface area contributed by atoms with E-state index in [1.54, 1.807) is 0 Å². The largest absolute Gasteiger partial charge is 0.337 e. The molecule has 0 bridgehead atoms. The minimum absolute atomic E-state index is 0.380. The second kappa shape index (κ2) is 5.20. The minimum Gasteiger partial charge on any atom is -0.337 e. The number of hydrogen-bond donors (Lipinski definition) is 1. The number of pyridine rings is 1. The van der Waals surface area contributed by atoms with E-state index in [0.29, 0.717) is 17.4 Å². The fraction of sp³-hybridized carbons (Fsp3) is 0.267. The summed E-state index contributed by atoms with van der Waals surface area (Å²) in [7, 11) is 1.86. The lowest BCUT2D eigenvalue weighted by Crippen LogP contribution is -2.33. The van der Waals surface area contributed by atoms with Crippen LogP contribution in [0.3, 0.4) is 0 Å². The number of hydrogen-bond acceptors (Lipinski definition) is 5. The first-order chi connectivity index (χ1) is 10.0. The van der Waals surface area contributed by atoms with E-state index in [9.17, 15) is 0 Å². The molecule has 108 valence electrons. The highest BCUT2D eigenvalue weighted by atomic mass is 79.9. The van der Waals surface area contributed by atoms with Gasteiger partial charge in [0.25, 0.3) is 0 Å². The van der Waals surface area contributed by atoms with E-state index in [0.717, 1.165) is 15.4 Å². The molecule has 2 heterocycles. The summed E-state index contributed by atoms with van der Waals surface area (Å²) in [6, 6.07) is 9.93. The van der Waals surface area contributed by atoms with Crippen LogP contribution in [0.2, 0.25) is 0 Å². The third-order valence-electron chi connectivity index (χ3n) is 3.47. The third kappa shape index (κ3) is 2.56. The van der Waals surface area contributed by atoms with Crippen molar-refractivity contribution in [3.05, 3.63) is 40.7 Å². The Morgan fingerprint density at radius 1 is 1.19 bits per heavy atom. The molecule has 0 saturated heterocycles. The standard InChI is InChI=1S/C15H15BrN4O/c1-15(2,17-3)14-19-13(20-21-14)12-10(16)8-9-6-4-5-7-11(9)18-12/h4-8,17H,1-3H3. The van der Waals surface area contributed by atoms with Gasteiger partial charge in [-0.25, -0.2) is 4.98 Å². The Bertz CT molecular complexity index is 797. The van der Waals surface area contributed by atoms with Crippen LogP contribution >= 0.6 is 15.9 Å². The maximum atomic E-state index is 5.36. The lowest BCUT2D eigenvalue weighted by Gasteiger charge is -2.17. The van der Waals surface area contributed by atoms with Crippen molar-refractivity contribution in [1.29, 1.82) is 0 Å². The molecule has 0 radical (unpaired) electrons. The second-order valence-electron chi connectivity index (χ2n) is 5.31. The molecule has 1 N–H and O–H groups in total. The zero-order valence-electron chi connectivity index (χ0n) is 12.0. The Hall–Kier alpha value is -1.79. The van der Waals surface area contributed by atoms with Crippen LogP contribution in [0, 0.1) is 0 Å².